The molecule has 0 heterocycles. The summed E-state index contributed by atoms with van der Waals surface area (Å²) in [5.41, 5.74) is 4.43. The Balaban J connectivity index is 3.88. The molecule has 0 spiro atoms. The minimum Gasteiger partial charge on any atom is -0.464 e. The van der Waals surface area contributed by atoms with Gasteiger partial charge in [0.1, 0.15) is 5.54 Å². The van der Waals surface area contributed by atoms with E-state index in [1.807, 2.05) is 0 Å². The molecule has 0 atom stereocenters. The van der Waals surface area contributed by atoms with E-state index in [9.17, 15) is 9.59 Å². The van der Waals surface area contributed by atoms with Gasteiger partial charge in [-0.25, -0.2) is 4.79 Å². The Bertz CT molecular complexity index is 265. The molecule has 0 saturated carbocycles. The maximum Gasteiger partial charge on any atom is 0.331 e. The molecule has 0 bridgehead atoms. The highest BCUT2D eigenvalue weighted by molar-refractivity contribution is 5.87. The topological polar surface area (TPSA) is 81.4 Å². The number of carbonyl (C=O) groups excluding carboxylic acids is 2. The Morgan fingerprint density at radius 1 is 1.17 bits per heavy atom. The smallest absolute Gasteiger partial charge is 0.331 e. The van der Waals surface area contributed by atoms with Crippen molar-refractivity contribution < 1.29 is 14.3 Å². The van der Waals surface area contributed by atoms with Crippen molar-refractivity contribution >= 4 is 11.9 Å². The lowest BCUT2D eigenvalue weighted by Gasteiger charge is -2.23. The first kappa shape index (κ1) is 16.9. The SMILES string of the molecule is CCOC(=O)C(C)(C)NC(=O)CCCCCCN. The number of rotatable bonds is 9. The summed E-state index contributed by atoms with van der Waals surface area (Å²) < 4.78 is 4.90. The minimum atomic E-state index is -0.954. The Hall–Kier alpha value is -1.10. The van der Waals surface area contributed by atoms with Gasteiger partial charge in [0.15, 0.2) is 0 Å². The quantitative estimate of drug-likeness (QED) is 0.483. The average molecular weight is 258 g/mol. The minimum absolute atomic E-state index is 0.110. The molecule has 0 aliphatic heterocycles. The summed E-state index contributed by atoms with van der Waals surface area (Å²) in [6.45, 7) is 6.06. The fourth-order valence-electron chi connectivity index (χ4n) is 1.56. The van der Waals surface area contributed by atoms with E-state index in [4.69, 9.17) is 10.5 Å². The second-order valence-corrected chi connectivity index (χ2v) is 4.85. The van der Waals surface area contributed by atoms with Gasteiger partial charge < -0.3 is 15.8 Å². The van der Waals surface area contributed by atoms with Crippen molar-refractivity contribution in [3.63, 3.8) is 0 Å². The second-order valence-electron chi connectivity index (χ2n) is 4.85. The molecule has 0 unspecified atom stereocenters. The van der Waals surface area contributed by atoms with E-state index < -0.39 is 11.5 Å². The molecule has 0 radical (unpaired) electrons. The Kier molecular flexibility index (Phi) is 8.37. The van der Waals surface area contributed by atoms with Gasteiger partial charge in [-0.3, -0.25) is 4.79 Å². The summed E-state index contributed by atoms with van der Waals surface area (Å²) in [6, 6.07) is 0. The maximum absolute atomic E-state index is 11.7. The van der Waals surface area contributed by atoms with Gasteiger partial charge in [0, 0.05) is 6.42 Å². The van der Waals surface area contributed by atoms with Crippen LogP contribution >= 0.6 is 0 Å². The molecule has 0 aliphatic rings. The van der Waals surface area contributed by atoms with Crippen LogP contribution in [0, 0.1) is 0 Å². The molecule has 5 nitrogen and oxygen atoms in total. The summed E-state index contributed by atoms with van der Waals surface area (Å²) in [7, 11) is 0. The predicted molar refractivity (Wildman–Crippen MR) is 71.0 cm³/mol. The van der Waals surface area contributed by atoms with Crippen LogP contribution in [0.2, 0.25) is 0 Å². The molecule has 1 amide bonds. The number of nitrogens with two attached hydrogens (primary N) is 1. The van der Waals surface area contributed by atoms with Gasteiger partial charge in [0.05, 0.1) is 6.61 Å². The lowest BCUT2D eigenvalue weighted by atomic mass is 10.1. The largest absolute Gasteiger partial charge is 0.464 e. The molecular formula is C13H26N2O3. The zero-order valence-electron chi connectivity index (χ0n) is 11.8. The van der Waals surface area contributed by atoms with Crippen LogP contribution in [0.25, 0.3) is 0 Å². The van der Waals surface area contributed by atoms with Gasteiger partial charge in [-0.05, 0) is 40.2 Å². The van der Waals surface area contributed by atoms with Crippen molar-refractivity contribution in [2.45, 2.75) is 58.4 Å². The fourth-order valence-corrected chi connectivity index (χ4v) is 1.56. The van der Waals surface area contributed by atoms with Crippen LogP contribution in [-0.4, -0.2) is 30.6 Å². The van der Waals surface area contributed by atoms with Crippen LogP contribution in [0.4, 0.5) is 0 Å². The molecule has 0 aliphatic carbocycles. The van der Waals surface area contributed by atoms with Crippen LogP contribution < -0.4 is 11.1 Å². The molecule has 5 heteroatoms. The molecule has 0 fully saturated rings. The monoisotopic (exact) mass is 258 g/mol. The number of amides is 1. The molecule has 0 aromatic heterocycles. The number of carbonyl (C=O) groups is 2. The second kappa shape index (κ2) is 8.91. The maximum atomic E-state index is 11.7. The third-order valence-electron chi connectivity index (χ3n) is 2.60. The fraction of sp³-hybridized carbons (Fsp3) is 0.846. The summed E-state index contributed by atoms with van der Waals surface area (Å²) in [4.78, 5) is 23.2. The van der Waals surface area contributed by atoms with Gasteiger partial charge in [-0.15, -0.1) is 0 Å². The van der Waals surface area contributed by atoms with Gasteiger partial charge in [-0.2, -0.15) is 0 Å². The van der Waals surface area contributed by atoms with Crippen LogP contribution in [0.1, 0.15) is 52.9 Å². The number of esters is 1. The molecule has 0 rings (SSSR count). The van der Waals surface area contributed by atoms with Crippen molar-refractivity contribution in [1.82, 2.24) is 5.32 Å². The van der Waals surface area contributed by atoms with Crippen LogP contribution in [-0.2, 0) is 14.3 Å². The summed E-state index contributed by atoms with van der Waals surface area (Å²) in [5.74, 6) is -0.512. The van der Waals surface area contributed by atoms with Gasteiger partial charge in [-0.1, -0.05) is 12.8 Å². The van der Waals surface area contributed by atoms with E-state index in [2.05, 4.69) is 5.32 Å². The summed E-state index contributed by atoms with van der Waals surface area (Å²) >= 11 is 0. The van der Waals surface area contributed by atoms with Gasteiger partial charge in [0.2, 0.25) is 5.91 Å². The van der Waals surface area contributed by atoms with Crippen LogP contribution in [0.5, 0.6) is 0 Å². The summed E-state index contributed by atoms with van der Waals surface area (Å²) in [6.07, 6.45) is 4.30. The zero-order valence-corrected chi connectivity index (χ0v) is 11.8. The Morgan fingerprint density at radius 3 is 2.33 bits per heavy atom. The number of unbranched alkanes of at least 4 members (excludes halogenated alkanes) is 3. The molecule has 3 N–H and O–H groups in total. The lowest BCUT2D eigenvalue weighted by Crippen LogP contribution is -2.50. The summed E-state index contributed by atoms with van der Waals surface area (Å²) in [5, 5.41) is 2.69. The van der Waals surface area contributed by atoms with Gasteiger partial charge in [0.25, 0.3) is 0 Å². The molecule has 0 aromatic carbocycles. The third kappa shape index (κ3) is 7.27. The van der Waals surface area contributed by atoms with Crippen LogP contribution in [0.3, 0.4) is 0 Å². The highest BCUT2D eigenvalue weighted by Gasteiger charge is 2.30. The first-order valence-electron chi connectivity index (χ1n) is 6.62. The highest BCUT2D eigenvalue weighted by Crippen LogP contribution is 2.08. The highest BCUT2D eigenvalue weighted by atomic mass is 16.5. The zero-order chi connectivity index (χ0) is 14.0. The van der Waals surface area contributed by atoms with Crippen molar-refractivity contribution in [3.8, 4) is 0 Å². The lowest BCUT2D eigenvalue weighted by molar-refractivity contribution is -0.151. The number of nitrogens with one attached hydrogen (secondary N) is 1. The Labute approximate surface area is 109 Å². The van der Waals surface area contributed by atoms with E-state index in [0.29, 0.717) is 19.6 Å². The molecule has 106 valence electrons. The molecular weight excluding hydrogens is 232 g/mol. The van der Waals surface area contributed by atoms with E-state index in [-0.39, 0.29) is 5.91 Å². The Morgan fingerprint density at radius 2 is 1.78 bits per heavy atom. The number of ether oxygens (including phenoxy) is 1. The predicted octanol–water partition coefficient (Wildman–Crippen LogP) is 1.35. The third-order valence-corrected chi connectivity index (χ3v) is 2.60. The van der Waals surface area contributed by atoms with Gasteiger partial charge >= 0.3 is 5.97 Å². The first-order valence-corrected chi connectivity index (χ1v) is 6.62. The van der Waals surface area contributed by atoms with E-state index in [1.54, 1.807) is 20.8 Å². The normalized spacial score (nSPS) is 11.1. The van der Waals surface area contributed by atoms with Crippen molar-refractivity contribution in [2.75, 3.05) is 13.2 Å². The number of hydrogen-bond donors (Lipinski definition) is 2. The van der Waals surface area contributed by atoms with E-state index >= 15 is 0 Å². The van der Waals surface area contributed by atoms with Crippen molar-refractivity contribution in [2.24, 2.45) is 5.73 Å². The molecule has 0 saturated heterocycles. The average Bonchev–Trinajstić information content (AvgIpc) is 2.28. The molecule has 18 heavy (non-hydrogen) atoms. The van der Waals surface area contributed by atoms with Crippen molar-refractivity contribution in [1.29, 1.82) is 0 Å². The number of hydrogen-bond acceptors (Lipinski definition) is 4. The first-order chi connectivity index (χ1) is 8.44. The standard InChI is InChI=1S/C13H26N2O3/c1-4-18-12(17)13(2,3)15-11(16)9-7-5-6-8-10-14/h4-10,14H2,1-3H3,(H,15,16). The van der Waals surface area contributed by atoms with E-state index in [0.717, 1.165) is 25.7 Å². The van der Waals surface area contributed by atoms with E-state index in [1.165, 1.54) is 0 Å². The van der Waals surface area contributed by atoms with Crippen molar-refractivity contribution in [3.05, 3.63) is 0 Å². The molecule has 0 aromatic rings. The van der Waals surface area contributed by atoms with Crippen LogP contribution in [0.15, 0.2) is 0 Å².